The van der Waals surface area contributed by atoms with Gasteiger partial charge in [0, 0.05) is 11.7 Å². The van der Waals surface area contributed by atoms with Crippen LogP contribution in [-0.4, -0.2) is 21.1 Å². The normalized spacial score (nSPS) is 19.8. The first-order valence-corrected chi connectivity index (χ1v) is 9.12. The van der Waals surface area contributed by atoms with Crippen LogP contribution in [0.2, 0.25) is 0 Å². The molecule has 1 saturated carbocycles. The summed E-state index contributed by atoms with van der Waals surface area (Å²) in [6.07, 6.45) is 6.87. The van der Waals surface area contributed by atoms with E-state index in [-0.39, 0.29) is 10.9 Å². The van der Waals surface area contributed by atoms with Gasteiger partial charge >= 0.3 is 0 Å². The van der Waals surface area contributed by atoms with Crippen LogP contribution in [0.3, 0.4) is 0 Å². The molecule has 116 valence electrons. The van der Waals surface area contributed by atoms with Crippen molar-refractivity contribution in [2.24, 2.45) is 0 Å². The number of fused-ring (bicyclic) bond motifs is 1. The topological polar surface area (TPSA) is 81.4 Å². The lowest BCUT2D eigenvalue weighted by atomic mass is 9.96. The van der Waals surface area contributed by atoms with Crippen LogP contribution in [0.4, 0.5) is 5.69 Å². The molecule has 5 nitrogen and oxygen atoms in total. The van der Waals surface area contributed by atoms with Gasteiger partial charge in [0.2, 0.25) is 10.0 Å². The van der Waals surface area contributed by atoms with Gasteiger partial charge in [-0.25, -0.2) is 13.1 Å². The summed E-state index contributed by atoms with van der Waals surface area (Å²) in [5.41, 5.74) is 7.23. The van der Waals surface area contributed by atoms with E-state index in [0.29, 0.717) is 18.0 Å². The molecule has 0 amide bonds. The fourth-order valence-corrected chi connectivity index (χ4v) is 4.70. The van der Waals surface area contributed by atoms with E-state index in [1.54, 1.807) is 0 Å². The Bertz CT molecular complexity index is 622. The summed E-state index contributed by atoms with van der Waals surface area (Å²) in [5.74, 6) is 0.485. The summed E-state index contributed by atoms with van der Waals surface area (Å²) >= 11 is 0. The molecule has 1 aliphatic heterocycles. The SMILES string of the molecule is Nc1cc2c(c(S(=O)(=O)NC3CCCCC3)c1)OCCC2. The maximum Gasteiger partial charge on any atom is 0.244 e. The molecule has 3 N–H and O–H groups in total. The molecule has 0 bridgehead atoms. The highest BCUT2D eigenvalue weighted by Crippen LogP contribution is 2.35. The Morgan fingerprint density at radius 2 is 1.90 bits per heavy atom. The molecule has 6 heteroatoms. The van der Waals surface area contributed by atoms with Crippen LogP contribution in [0, 0.1) is 0 Å². The van der Waals surface area contributed by atoms with Crippen molar-refractivity contribution < 1.29 is 13.2 Å². The highest BCUT2D eigenvalue weighted by molar-refractivity contribution is 7.89. The minimum atomic E-state index is -3.58. The van der Waals surface area contributed by atoms with Crippen LogP contribution in [0.5, 0.6) is 5.75 Å². The number of ether oxygens (including phenoxy) is 1. The summed E-state index contributed by atoms with van der Waals surface area (Å²) in [7, 11) is -3.58. The maximum atomic E-state index is 12.7. The van der Waals surface area contributed by atoms with Crippen molar-refractivity contribution in [1.29, 1.82) is 0 Å². The molecule has 1 aromatic rings. The fourth-order valence-electron chi connectivity index (χ4n) is 3.17. The third-order valence-corrected chi connectivity index (χ3v) is 5.73. The predicted molar refractivity (Wildman–Crippen MR) is 81.9 cm³/mol. The van der Waals surface area contributed by atoms with E-state index >= 15 is 0 Å². The number of nitrogens with two attached hydrogens (primary N) is 1. The summed E-state index contributed by atoms with van der Waals surface area (Å²) in [6, 6.07) is 3.35. The molecule has 0 radical (unpaired) electrons. The first-order valence-electron chi connectivity index (χ1n) is 7.64. The Kier molecular flexibility index (Phi) is 4.08. The molecular formula is C15H22N2O3S. The van der Waals surface area contributed by atoms with Crippen molar-refractivity contribution in [3.63, 3.8) is 0 Å². The minimum absolute atomic E-state index is 0.0319. The lowest BCUT2D eigenvalue weighted by Gasteiger charge is -2.25. The molecule has 1 aliphatic carbocycles. The number of anilines is 1. The van der Waals surface area contributed by atoms with Crippen molar-refractivity contribution in [1.82, 2.24) is 4.72 Å². The van der Waals surface area contributed by atoms with Crippen LogP contribution in [-0.2, 0) is 16.4 Å². The first-order chi connectivity index (χ1) is 10.1. The highest BCUT2D eigenvalue weighted by Gasteiger charge is 2.28. The van der Waals surface area contributed by atoms with Crippen molar-refractivity contribution >= 4 is 15.7 Å². The summed E-state index contributed by atoms with van der Waals surface area (Å²) < 4.78 is 33.8. The van der Waals surface area contributed by atoms with Gasteiger partial charge in [-0.1, -0.05) is 19.3 Å². The van der Waals surface area contributed by atoms with Crippen molar-refractivity contribution in [3.05, 3.63) is 17.7 Å². The Balaban J connectivity index is 1.92. The average Bonchev–Trinajstić information content (AvgIpc) is 2.47. The van der Waals surface area contributed by atoms with Gasteiger partial charge in [0.15, 0.2) is 0 Å². The molecule has 1 heterocycles. The van der Waals surface area contributed by atoms with Gasteiger partial charge in [-0.2, -0.15) is 0 Å². The second-order valence-corrected chi connectivity index (χ2v) is 7.60. The molecule has 3 rings (SSSR count). The summed E-state index contributed by atoms with van der Waals surface area (Å²) in [5, 5.41) is 0. The zero-order chi connectivity index (χ0) is 14.9. The number of nitrogens with one attached hydrogen (secondary N) is 1. The van der Waals surface area contributed by atoms with Crippen LogP contribution < -0.4 is 15.2 Å². The average molecular weight is 310 g/mol. The van der Waals surface area contributed by atoms with Gasteiger partial charge in [-0.3, -0.25) is 0 Å². The quantitative estimate of drug-likeness (QED) is 0.839. The molecule has 0 unspecified atom stereocenters. The van der Waals surface area contributed by atoms with Gasteiger partial charge < -0.3 is 10.5 Å². The molecule has 21 heavy (non-hydrogen) atoms. The standard InChI is InChI=1S/C15H22N2O3S/c16-12-9-11-5-4-8-20-15(11)14(10-12)21(18,19)17-13-6-2-1-3-7-13/h9-10,13,17H,1-8,16H2. The molecular weight excluding hydrogens is 288 g/mol. The van der Waals surface area contributed by atoms with Crippen LogP contribution >= 0.6 is 0 Å². The number of hydrogen-bond donors (Lipinski definition) is 2. The lowest BCUT2D eigenvalue weighted by Crippen LogP contribution is -2.36. The number of nitrogen functional groups attached to an aromatic ring is 1. The van der Waals surface area contributed by atoms with Gasteiger partial charge in [0.1, 0.15) is 10.6 Å². The fraction of sp³-hybridized carbons (Fsp3) is 0.600. The van der Waals surface area contributed by atoms with Gasteiger partial charge in [-0.05, 0) is 43.4 Å². The smallest absolute Gasteiger partial charge is 0.244 e. The minimum Gasteiger partial charge on any atom is -0.492 e. The number of rotatable bonds is 3. The third kappa shape index (κ3) is 3.16. The lowest BCUT2D eigenvalue weighted by molar-refractivity contribution is 0.280. The van der Waals surface area contributed by atoms with E-state index in [2.05, 4.69) is 4.72 Å². The number of aryl methyl sites for hydroxylation is 1. The maximum absolute atomic E-state index is 12.7. The predicted octanol–water partition coefficient (Wildman–Crippen LogP) is 2.20. The van der Waals surface area contributed by atoms with Gasteiger partial charge in [0.05, 0.1) is 6.61 Å². The van der Waals surface area contributed by atoms with E-state index < -0.39 is 10.0 Å². The zero-order valence-electron chi connectivity index (χ0n) is 12.1. The highest BCUT2D eigenvalue weighted by atomic mass is 32.2. The van der Waals surface area contributed by atoms with Gasteiger partial charge in [-0.15, -0.1) is 0 Å². The van der Waals surface area contributed by atoms with Crippen LogP contribution in [0.15, 0.2) is 17.0 Å². The zero-order valence-corrected chi connectivity index (χ0v) is 12.9. The second-order valence-electron chi connectivity index (χ2n) is 5.92. The summed E-state index contributed by atoms with van der Waals surface area (Å²) in [4.78, 5) is 0.197. The van der Waals surface area contributed by atoms with Crippen molar-refractivity contribution in [3.8, 4) is 5.75 Å². The van der Waals surface area contributed by atoms with E-state index in [1.165, 1.54) is 12.5 Å². The Labute approximate surface area is 125 Å². The second kappa shape index (κ2) is 5.85. The van der Waals surface area contributed by atoms with Gasteiger partial charge in [0.25, 0.3) is 0 Å². The van der Waals surface area contributed by atoms with Crippen molar-refractivity contribution in [2.75, 3.05) is 12.3 Å². The summed E-state index contributed by atoms with van der Waals surface area (Å²) in [6.45, 7) is 0.558. The molecule has 0 spiro atoms. The molecule has 0 atom stereocenters. The molecule has 2 aliphatic rings. The number of sulfonamides is 1. The Morgan fingerprint density at radius 1 is 1.14 bits per heavy atom. The van der Waals surface area contributed by atoms with Crippen LogP contribution in [0.25, 0.3) is 0 Å². The van der Waals surface area contributed by atoms with E-state index in [9.17, 15) is 8.42 Å². The largest absolute Gasteiger partial charge is 0.492 e. The molecule has 0 aromatic heterocycles. The number of benzene rings is 1. The third-order valence-electron chi connectivity index (χ3n) is 4.21. The van der Waals surface area contributed by atoms with Crippen LogP contribution in [0.1, 0.15) is 44.1 Å². The van der Waals surface area contributed by atoms with E-state index in [1.807, 2.05) is 6.07 Å². The number of hydrogen-bond acceptors (Lipinski definition) is 4. The molecule has 1 fully saturated rings. The Hall–Kier alpha value is -1.27. The monoisotopic (exact) mass is 310 g/mol. The molecule has 0 saturated heterocycles. The Morgan fingerprint density at radius 3 is 2.67 bits per heavy atom. The first kappa shape index (κ1) is 14.7. The van der Waals surface area contributed by atoms with Crippen molar-refractivity contribution in [2.45, 2.75) is 55.9 Å². The molecule has 1 aromatic carbocycles. The van der Waals surface area contributed by atoms with E-state index in [4.69, 9.17) is 10.5 Å². The van der Waals surface area contributed by atoms with E-state index in [0.717, 1.165) is 44.1 Å².